The van der Waals surface area contributed by atoms with Crippen LogP contribution in [0.15, 0.2) is 0 Å². The van der Waals surface area contributed by atoms with E-state index >= 15 is 0 Å². The number of unbranched alkanes of at least 4 members (excludes halogenated alkanes) is 2. The Morgan fingerprint density at radius 2 is 1.89 bits per heavy atom. The van der Waals surface area contributed by atoms with Gasteiger partial charge in [0.1, 0.15) is 0 Å². The van der Waals surface area contributed by atoms with Gasteiger partial charge in [0.05, 0.1) is 25.1 Å². The lowest BCUT2D eigenvalue weighted by molar-refractivity contribution is -0.145. The molecule has 28 heavy (non-hydrogen) atoms. The fraction of sp³-hybridized carbons (Fsp3) is 0.850. The van der Waals surface area contributed by atoms with E-state index < -0.39 is 0 Å². The van der Waals surface area contributed by atoms with Crippen LogP contribution in [-0.4, -0.2) is 53.6 Å². The van der Waals surface area contributed by atoms with E-state index in [0.717, 1.165) is 44.3 Å². The first-order valence-corrected chi connectivity index (χ1v) is 11.8. The molecular weight excluding hydrogens is 378 g/mol. The monoisotopic (exact) mass is 411 g/mol. The summed E-state index contributed by atoms with van der Waals surface area (Å²) in [6.07, 6.45) is 10.1. The second-order valence-corrected chi connectivity index (χ2v) is 9.37. The third-order valence-corrected chi connectivity index (χ3v) is 7.37. The molecule has 3 aliphatic rings. The molecule has 2 aliphatic heterocycles. The first kappa shape index (κ1) is 21.3. The van der Waals surface area contributed by atoms with E-state index in [-0.39, 0.29) is 42.8 Å². The van der Waals surface area contributed by atoms with Gasteiger partial charge in [0.15, 0.2) is 0 Å². The van der Waals surface area contributed by atoms with Gasteiger partial charge in [-0.2, -0.15) is 11.8 Å². The Morgan fingerprint density at radius 1 is 1.07 bits per heavy atom. The van der Waals surface area contributed by atoms with Crippen molar-refractivity contribution in [2.45, 2.75) is 94.0 Å². The van der Waals surface area contributed by atoms with Crippen LogP contribution >= 0.6 is 11.8 Å². The molecule has 0 spiro atoms. The van der Waals surface area contributed by atoms with Crippen molar-refractivity contribution in [3.05, 3.63) is 0 Å². The standard InChI is InChI=1S/C20H33N3O4S/c24-17(21-14-7-3-1-4-8-14)10-11-18(25)27-12-6-2-5-9-16-19-15(13-28-16)22-20(26)23-19/h14-16,19H,1-13H2,(H,21,24)(H2,22,23,26). The van der Waals surface area contributed by atoms with Gasteiger partial charge in [-0.05, 0) is 25.7 Å². The number of ether oxygens (including phenoxy) is 1. The Hall–Kier alpha value is -1.44. The summed E-state index contributed by atoms with van der Waals surface area (Å²) in [6, 6.07) is 0.785. The molecule has 0 aromatic heterocycles. The highest BCUT2D eigenvalue weighted by molar-refractivity contribution is 8.00. The van der Waals surface area contributed by atoms with Gasteiger partial charge in [0, 0.05) is 23.5 Å². The highest BCUT2D eigenvalue weighted by Gasteiger charge is 2.42. The van der Waals surface area contributed by atoms with Crippen LogP contribution in [-0.2, 0) is 14.3 Å². The van der Waals surface area contributed by atoms with Crippen molar-refractivity contribution in [1.82, 2.24) is 16.0 Å². The highest BCUT2D eigenvalue weighted by Crippen LogP contribution is 2.33. The number of carbonyl (C=O) groups excluding carboxylic acids is 3. The molecule has 3 fully saturated rings. The molecule has 3 atom stereocenters. The maximum Gasteiger partial charge on any atom is 0.315 e. The van der Waals surface area contributed by atoms with Gasteiger partial charge in [-0.3, -0.25) is 9.59 Å². The summed E-state index contributed by atoms with van der Waals surface area (Å²) in [6.45, 7) is 0.422. The predicted octanol–water partition coefficient (Wildman–Crippen LogP) is 2.48. The molecule has 0 aromatic carbocycles. The second kappa shape index (κ2) is 10.9. The maximum absolute atomic E-state index is 11.9. The number of urea groups is 1. The number of esters is 1. The fourth-order valence-electron chi connectivity index (χ4n) is 4.29. The maximum atomic E-state index is 11.9. The Labute approximate surface area is 171 Å². The van der Waals surface area contributed by atoms with Crippen molar-refractivity contribution in [1.29, 1.82) is 0 Å². The van der Waals surface area contributed by atoms with Crippen LogP contribution in [0.3, 0.4) is 0 Å². The molecular formula is C20H33N3O4S. The normalized spacial score (nSPS) is 27.0. The summed E-state index contributed by atoms with van der Waals surface area (Å²) in [7, 11) is 0. The molecule has 8 heteroatoms. The van der Waals surface area contributed by atoms with Gasteiger partial charge in [0.2, 0.25) is 5.91 Å². The van der Waals surface area contributed by atoms with Crippen LogP contribution in [0.2, 0.25) is 0 Å². The molecule has 0 bridgehead atoms. The van der Waals surface area contributed by atoms with Gasteiger partial charge in [0.25, 0.3) is 0 Å². The smallest absolute Gasteiger partial charge is 0.315 e. The quantitative estimate of drug-likeness (QED) is 0.292. The molecule has 3 rings (SSSR count). The molecule has 1 saturated carbocycles. The molecule has 3 amide bonds. The lowest BCUT2D eigenvalue weighted by atomic mass is 9.95. The Morgan fingerprint density at radius 3 is 2.71 bits per heavy atom. The number of hydrogen-bond donors (Lipinski definition) is 3. The zero-order valence-corrected chi connectivity index (χ0v) is 17.4. The van der Waals surface area contributed by atoms with Crippen LogP contribution in [0.1, 0.15) is 70.6 Å². The van der Waals surface area contributed by atoms with E-state index in [9.17, 15) is 14.4 Å². The summed E-state index contributed by atoms with van der Waals surface area (Å²) >= 11 is 1.93. The molecule has 2 saturated heterocycles. The van der Waals surface area contributed by atoms with Crippen molar-refractivity contribution in [2.75, 3.05) is 12.4 Å². The predicted molar refractivity (Wildman–Crippen MR) is 109 cm³/mol. The zero-order valence-electron chi connectivity index (χ0n) is 16.5. The largest absolute Gasteiger partial charge is 0.466 e. The lowest BCUT2D eigenvalue weighted by Crippen LogP contribution is -2.36. The Kier molecular flexibility index (Phi) is 8.30. The van der Waals surface area contributed by atoms with Crippen LogP contribution in [0.4, 0.5) is 4.79 Å². The van der Waals surface area contributed by atoms with Gasteiger partial charge in [-0.1, -0.05) is 32.1 Å². The van der Waals surface area contributed by atoms with Gasteiger partial charge in [-0.25, -0.2) is 4.79 Å². The summed E-state index contributed by atoms with van der Waals surface area (Å²) in [5.41, 5.74) is 0. The molecule has 158 valence electrons. The minimum absolute atomic E-state index is 0.0373. The van der Waals surface area contributed by atoms with Crippen LogP contribution in [0.5, 0.6) is 0 Å². The van der Waals surface area contributed by atoms with E-state index in [1.807, 2.05) is 11.8 Å². The number of nitrogens with one attached hydrogen (secondary N) is 3. The summed E-state index contributed by atoms with van der Waals surface area (Å²) in [5.74, 6) is 0.664. The van der Waals surface area contributed by atoms with Gasteiger partial charge in [-0.15, -0.1) is 0 Å². The average molecular weight is 412 g/mol. The van der Waals surface area contributed by atoms with Crippen molar-refractivity contribution >= 4 is 29.7 Å². The SMILES string of the molecule is O=C(CCC(=O)OCCCCCC1SCC2NC(=O)NC21)NC1CCCCC1. The second-order valence-electron chi connectivity index (χ2n) is 8.09. The van der Waals surface area contributed by atoms with Crippen molar-refractivity contribution in [3.8, 4) is 0 Å². The molecule has 3 N–H and O–H groups in total. The summed E-state index contributed by atoms with van der Waals surface area (Å²) in [5, 5.41) is 9.47. The average Bonchev–Trinajstić information content (AvgIpc) is 3.23. The summed E-state index contributed by atoms with van der Waals surface area (Å²) < 4.78 is 5.25. The first-order chi connectivity index (χ1) is 13.6. The number of carbonyl (C=O) groups is 3. The highest BCUT2D eigenvalue weighted by atomic mass is 32.2. The lowest BCUT2D eigenvalue weighted by Gasteiger charge is -2.22. The number of amides is 3. The van der Waals surface area contributed by atoms with Gasteiger partial charge < -0.3 is 20.7 Å². The fourth-order valence-corrected chi connectivity index (χ4v) is 5.83. The molecule has 7 nitrogen and oxygen atoms in total. The summed E-state index contributed by atoms with van der Waals surface area (Å²) in [4.78, 5) is 35.1. The first-order valence-electron chi connectivity index (χ1n) is 10.8. The minimum Gasteiger partial charge on any atom is -0.466 e. The third kappa shape index (κ3) is 6.57. The van der Waals surface area contributed by atoms with E-state index in [1.165, 1.54) is 19.3 Å². The molecule has 0 radical (unpaired) electrons. The molecule has 0 aromatic rings. The number of hydrogen-bond acceptors (Lipinski definition) is 5. The number of rotatable bonds is 10. The minimum atomic E-state index is -0.285. The molecule has 2 heterocycles. The van der Waals surface area contributed by atoms with E-state index in [4.69, 9.17) is 4.74 Å². The third-order valence-electron chi connectivity index (χ3n) is 5.86. The Balaban J connectivity index is 1.17. The van der Waals surface area contributed by atoms with E-state index in [0.29, 0.717) is 17.9 Å². The number of fused-ring (bicyclic) bond motifs is 1. The Bertz CT molecular complexity index is 554. The van der Waals surface area contributed by atoms with Crippen LogP contribution in [0, 0.1) is 0 Å². The molecule has 3 unspecified atom stereocenters. The van der Waals surface area contributed by atoms with E-state index in [1.54, 1.807) is 0 Å². The van der Waals surface area contributed by atoms with Crippen molar-refractivity contribution < 1.29 is 19.1 Å². The van der Waals surface area contributed by atoms with Gasteiger partial charge >= 0.3 is 12.0 Å². The van der Waals surface area contributed by atoms with E-state index in [2.05, 4.69) is 16.0 Å². The number of thioether (sulfide) groups is 1. The van der Waals surface area contributed by atoms with Crippen LogP contribution < -0.4 is 16.0 Å². The van der Waals surface area contributed by atoms with Crippen LogP contribution in [0.25, 0.3) is 0 Å². The zero-order chi connectivity index (χ0) is 19.8. The molecule has 1 aliphatic carbocycles. The van der Waals surface area contributed by atoms with Crippen molar-refractivity contribution in [3.63, 3.8) is 0 Å². The topological polar surface area (TPSA) is 96.5 Å². The van der Waals surface area contributed by atoms with Crippen molar-refractivity contribution in [2.24, 2.45) is 0 Å².